The summed E-state index contributed by atoms with van der Waals surface area (Å²) in [5, 5.41) is 15.0. The van der Waals surface area contributed by atoms with E-state index in [4.69, 9.17) is 18.9 Å². The Morgan fingerprint density at radius 2 is 1.76 bits per heavy atom. The predicted molar refractivity (Wildman–Crippen MR) is 148 cm³/mol. The fourth-order valence-electron chi connectivity index (χ4n) is 4.95. The van der Waals surface area contributed by atoms with Gasteiger partial charge < -0.3 is 34.3 Å². The molecule has 0 aromatic heterocycles. The molecule has 2 aliphatic rings. The zero-order valence-electron chi connectivity index (χ0n) is 24.2. The average Bonchev–Trinajstić information content (AvgIpc) is 3.64. The first-order valence-corrected chi connectivity index (χ1v) is 14.1. The zero-order valence-corrected chi connectivity index (χ0v) is 24.2. The van der Waals surface area contributed by atoms with Crippen molar-refractivity contribution in [3.63, 3.8) is 0 Å². The van der Waals surface area contributed by atoms with Gasteiger partial charge in [-0.3, -0.25) is 4.90 Å². The van der Waals surface area contributed by atoms with Crippen LogP contribution in [0.4, 0.5) is 4.79 Å². The lowest BCUT2D eigenvalue weighted by atomic mass is 9.93. The van der Waals surface area contributed by atoms with Crippen molar-refractivity contribution in [2.75, 3.05) is 60.2 Å². The number of ether oxygens (including phenoxy) is 4. The van der Waals surface area contributed by atoms with Gasteiger partial charge in [0.2, 0.25) is 0 Å². The lowest BCUT2D eigenvalue weighted by Gasteiger charge is -2.36. The molecule has 1 aromatic rings. The lowest BCUT2D eigenvalue weighted by molar-refractivity contribution is -0.0317. The molecule has 9 heteroatoms. The number of rotatable bonds is 16. The molecule has 1 aromatic carbocycles. The van der Waals surface area contributed by atoms with Gasteiger partial charge in [-0.15, -0.1) is 0 Å². The van der Waals surface area contributed by atoms with Crippen molar-refractivity contribution in [1.29, 1.82) is 0 Å². The summed E-state index contributed by atoms with van der Waals surface area (Å²) in [4.78, 5) is 16.9. The maximum Gasteiger partial charge on any atom is 0.410 e. The Labute approximate surface area is 228 Å². The minimum Gasteiger partial charge on any atom is -0.493 e. The van der Waals surface area contributed by atoms with Crippen LogP contribution in [0, 0.1) is 17.8 Å². The number of benzene rings is 1. The first kappa shape index (κ1) is 30.5. The minimum atomic E-state index is -0.793. The van der Waals surface area contributed by atoms with Crippen LogP contribution in [0.3, 0.4) is 0 Å². The third-order valence-corrected chi connectivity index (χ3v) is 7.33. The molecule has 3 rings (SSSR count). The smallest absolute Gasteiger partial charge is 0.410 e. The molecule has 3 atom stereocenters. The zero-order chi connectivity index (χ0) is 27.7. The summed E-state index contributed by atoms with van der Waals surface area (Å²) in [5.74, 6) is 2.17. The Morgan fingerprint density at radius 3 is 2.37 bits per heavy atom. The molecular weight excluding hydrogens is 486 g/mol. The predicted octanol–water partition coefficient (Wildman–Crippen LogP) is 3.90. The third-order valence-electron chi connectivity index (χ3n) is 7.33. The fourth-order valence-corrected chi connectivity index (χ4v) is 4.95. The molecule has 216 valence electrons. The van der Waals surface area contributed by atoms with Gasteiger partial charge in [-0.05, 0) is 68.7 Å². The molecule has 2 fully saturated rings. The summed E-state index contributed by atoms with van der Waals surface area (Å²) >= 11 is 0. The first-order valence-electron chi connectivity index (χ1n) is 14.1. The Bertz CT molecular complexity index is 863. The van der Waals surface area contributed by atoms with E-state index in [9.17, 15) is 9.90 Å². The number of aliphatic hydroxyl groups is 1. The van der Waals surface area contributed by atoms with Gasteiger partial charge in [-0.1, -0.05) is 19.9 Å². The fraction of sp³-hybridized carbons (Fsp3) is 0.759. The largest absolute Gasteiger partial charge is 0.493 e. The summed E-state index contributed by atoms with van der Waals surface area (Å²) in [6, 6.07) is 6.03. The third kappa shape index (κ3) is 8.73. The number of amides is 1. The van der Waals surface area contributed by atoms with E-state index in [1.807, 2.05) is 23.1 Å². The van der Waals surface area contributed by atoms with Gasteiger partial charge in [0, 0.05) is 51.9 Å². The lowest BCUT2D eigenvalue weighted by Crippen LogP contribution is -2.44. The van der Waals surface area contributed by atoms with Crippen LogP contribution in [0.25, 0.3) is 0 Å². The van der Waals surface area contributed by atoms with Crippen LogP contribution < -0.4 is 14.8 Å². The van der Waals surface area contributed by atoms with Crippen LogP contribution in [0.2, 0.25) is 0 Å². The SMILES string of the molecule is COCCCOc1cc(C(O)N(C[C@@H]2CNC[C@H]2CN(C(=O)OCC(C)C)C2CC2)C(C)C)ccc1OC. The topological polar surface area (TPSA) is 92.7 Å². The Morgan fingerprint density at radius 1 is 1.05 bits per heavy atom. The van der Waals surface area contributed by atoms with E-state index in [1.54, 1.807) is 14.2 Å². The average molecular weight is 536 g/mol. The molecule has 0 bridgehead atoms. The number of aliphatic hydroxyl groups excluding tert-OH is 1. The maximum absolute atomic E-state index is 12.8. The van der Waals surface area contributed by atoms with Gasteiger partial charge in [0.25, 0.3) is 0 Å². The van der Waals surface area contributed by atoms with Gasteiger partial charge in [0.05, 0.1) is 20.3 Å². The monoisotopic (exact) mass is 535 g/mol. The quantitative estimate of drug-likeness (QED) is 0.243. The second kappa shape index (κ2) is 14.9. The van der Waals surface area contributed by atoms with E-state index in [2.05, 4.69) is 37.9 Å². The first-order chi connectivity index (χ1) is 18.2. The van der Waals surface area contributed by atoms with E-state index in [-0.39, 0.29) is 12.1 Å². The van der Waals surface area contributed by atoms with Crippen LogP contribution in [0.1, 0.15) is 58.7 Å². The number of hydrogen-bond acceptors (Lipinski definition) is 8. The molecule has 9 nitrogen and oxygen atoms in total. The number of nitrogens with one attached hydrogen (secondary N) is 1. The van der Waals surface area contributed by atoms with Crippen LogP contribution >= 0.6 is 0 Å². The van der Waals surface area contributed by atoms with E-state index in [0.717, 1.165) is 37.9 Å². The van der Waals surface area contributed by atoms with Crippen molar-refractivity contribution < 1.29 is 28.8 Å². The summed E-state index contributed by atoms with van der Waals surface area (Å²) in [5.41, 5.74) is 0.764. The van der Waals surface area contributed by atoms with Gasteiger partial charge in [0.1, 0.15) is 6.23 Å². The van der Waals surface area contributed by atoms with E-state index in [0.29, 0.717) is 68.2 Å². The molecule has 1 amide bonds. The van der Waals surface area contributed by atoms with Crippen LogP contribution in [-0.4, -0.2) is 93.3 Å². The molecule has 0 radical (unpaired) electrons. The van der Waals surface area contributed by atoms with Crippen LogP contribution in [0.5, 0.6) is 11.5 Å². The summed E-state index contributed by atoms with van der Waals surface area (Å²) in [6.45, 7) is 13.0. The normalized spacial score (nSPS) is 20.3. The maximum atomic E-state index is 12.8. The van der Waals surface area contributed by atoms with Crippen molar-refractivity contribution in [3.8, 4) is 11.5 Å². The van der Waals surface area contributed by atoms with Gasteiger partial charge >= 0.3 is 6.09 Å². The van der Waals surface area contributed by atoms with Crippen molar-refractivity contribution in [3.05, 3.63) is 23.8 Å². The molecule has 38 heavy (non-hydrogen) atoms. The van der Waals surface area contributed by atoms with Crippen molar-refractivity contribution in [2.24, 2.45) is 17.8 Å². The Hall–Kier alpha value is -2.07. The van der Waals surface area contributed by atoms with Crippen LogP contribution in [-0.2, 0) is 9.47 Å². The second-order valence-corrected chi connectivity index (χ2v) is 11.3. The molecule has 1 aliphatic carbocycles. The molecule has 1 aliphatic heterocycles. The van der Waals surface area contributed by atoms with Gasteiger partial charge in [0.15, 0.2) is 11.5 Å². The van der Waals surface area contributed by atoms with E-state index in [1.165, 1.54) is 0 Å². The molecule has 2 N–H and O–H groups in total. The van der Waals surface area contributed by atoms with E-state index >= 15 is 0 Å². The molecular formula is C29H49N3O6. The van der Waals surface area contributed by atoms with Crippen molar-refractivity contribution in [2.45, 2.75) is 65.3 Å². The minimum absolute atomic E-state index is 0.120. The highest BCUT2D eigenvalue weighted by Crippen LogP contribution is 2.34. The standard InChI is InChI=1S/C29H49N3O6/c1-20(2)19-38-29(34)32(25-9-10-25)18-24-16-30-15-23(24)17-31(21(3)4)28(33)22-8-11-26(36-6)27(14-22)37-13-7-12-35-5/h8,11,14,20-21,23-25,28,30,33H,7,9-10,12-13,15-19H2,1-6H3/t23-,24-,28?/m0/s1. The number of nitrogens with zero attached hydrogens (tertiary/aromatic N) is 2. The van der Waals surface area contributed by atoms with Gasteiger partial charge in [-0.25, -0.2) is 4.79 Å². The number of hydrogen-bond donors (Lipinski definition) is 2. The summed E-state index contributed by atoms with van der Waals surface area (Å²) < 4.78 is 22.1. The van der Waals surface area contributed by atoms with Crippen LogP contribution in [0.15, 0.2) is 18.2 Å². The molecule has 1 saturated carbocycles. The molecule has 1 unspecified atom stereocenters. The van der Waals surface area contributed by atoms with Crippen molar-refractivity contribution in [1.82, 2.24) is 15.1 Å². The highest BCUT2D eigenvalue weighted by atomic mass is 16.6. The van der Waals surface area contributed by atoms with Gasteiger partial charge in [-0.2, -0.15) is 0 Å². The summed E-state index contributed by atoms with van der Waals surface area (Å²) in [6.07, 6.45) is 1.88. The highest BCUT2D eigenvalue weighted by Gasteiger charge is 2.39. The highest BCUT2D eigenvalue weighted by molar-refractivity contribution is 5.68. The Balaban J connectivity index is 1.68. The number of methoxy groups -OCH3 is 2. The number of carbonyl (C=O) groups is 1. The Kier molecular flexibility index (Phi) is 12.0. The molecule has 0 spiro atoms. The molecule has 1 heterocycles. The van der Waals surface area contributed by atoms with Crippen molar-refractivity contribution >= 4 is 6.09 Å². The second-order valence-electron chi connectivity index (χ2n) is 11.3. The summed E-state index contributed by atoms with van der Waals surface area (Å²) in [7, 11) is 3.29. The van der Waals surface area contributed by atoms with E-state index < -0.39 is 6.23 Å². The number of carbonyl (C=O) groups excluding carboxylic acids is 1. The molecule has 1 saturated heterocycles.